The summed E-state index contributed by atoms with van der Waals surface area (Å²) in [7, 11) is 0. The Balaban J connectivity index is 1.39. The second-order valence-corrected chi connectivity index (χ2v) is 9.91. The molecule has 6 nitrogen and oxygen atoms in total. The van der Waals surface area contributed by atoms with Gasteiger partial charge in [0, 0.05) is 65.0 Å². The van der Waals surface area contributed by atoms with Gasteiger partial charge in [0.1, 0.15) is 11.2 Å². The Kier molecular flexibility index (Phi) is 5.62. The number of thioether (sulfide) groups is 1. The fourth-order valence-corrected chi connectivity index (χ4v) is 6.25. The van der Waals surface area contributed by atoms with Crippen LogP contribution in [0.2, 0.25) is 0 Å². The van der Waals surface area contributed by atoms with Crippen LogP contribution in [-0.4, -0.2) is 21.5 Å². The molecule has 0 radical (unpaired) electrons. The van der Waals surface area contributed by atoms with Crippen LogP contribution in [0.1, 0.15) is 32.6 Å². The molecule has 0 aliphatic carbocycles. The molecule has 6 rings (SSSR count). The summed E-state index contributed by atoms with van der Waals surface area (Å²) in [6.45, 7) is 1.01. The second-order valence-electron chi connectivity index (χ2n) is 8.84. The molecule has 1 aliphatic rings. The van der Waals surface area contributed by atoms with E-state index in [1.807, 2.05) is 47.3 Å². The topological polar surface area (TPSA) is 79.9 Å². The van der Waals surface area contributed by atoms with Gasteiger partial charge < -0.3 is 20.1 Å². The van der Waals surface area contributed by atoms with Crippen LogP contribution in [0.4, 0.5) is 4.39 Å². The van der Waals surface area contributed by atoms with Gasteiger partial charge >= 0.3 is 0 Å². The first-order valence-electron chi connectivity index (χ1n) is 11.7. The first kappa shape index (κ1) is 22.6. The molecule has 8 heteroatoms. The number of hydrogen-bond acceptors (Lipinski definition) is 4. The number of nitrogens with zero attached hydrogens (tertiary/aromatic N) is 3. The third-order valence-electron chi connectivity index (χ3n) is 6.66. The molecule has 0 fully saturated rings. The number of rotatable bonds is 6. The molecule has 4 heterocycles. The van der Waals surface area contributed by atoms with Gasteiger partial charge in [0.15, 0.2) is 18.2 Å². The van der Waals surface area contributed by atoms with E-state index in [0.29, 0.717) is 30.0 Å². The van der Waals surface area contributed by atoms with Crippen molar-refractivity contribution in [2.45, 2.75) is 17.7 Å². The molecule has 5 aromatic rings. The second kappa shape index (κ2) is 8.96. The van der Waals surface area contributed by atoms with Crippen LogP contribution >= 0.6 is 11.8 Å². The molecule has 0 spiro atoms. The standard InChI is InChI=1S/C28H23FN4O2S/c29-21-6-3-18(4-7-21)19-5-8-22-24(16-31(13-10-30)25(22)14-19)27(34)23-9-12-33-26(23)17-36-28(33)20-2-1-11-32(35)15-20/h1-9,11-12,14-16,28H,10,13,17,30H2. The lowest BCUT2D eigenvalue weighted by molar-refractivity contribution is -0.605. The number of carbonyl (C=O) groups is 1. The quantitative estimate of drug-likeness (QED) is 0.206. The van der Waals surface area contributed by atoms with Crippen molar-refractivity contribution >= 4 is 28.4 Å². The molecule has 2 aromatic carbocycles. The molecular weight excluding hydrogens is 475 g/mol. The SMILES string of the molecule is NCCn1cc(C(=O)c2ccn3c2CSC3c2ccc[n+]([O-])c2)c2ccc(-c3ccc(F)cc3)cc21. The number of nitrogens with two attached hydrogens (primary N) is 1. The number of ketones is 1. The maximum Gasteiger partial charge on any atom is 0.197 e. The monoisotopic (exact) mass is 498 g/mol. The number of aromatic nitrogens is 3. The maximum absolute atomic E-state index is 13.8. The Bertz CT molecular complexity index is 1610. The summed E-state index contributed by atoms with van der Waals surface area (Å²) in [4.78, 5) is 13.8. The number of carbonyl (C=O) groups excluding carboxylic acids is 1. The van der Waals surface area contributed by atoms with E-state index in [-0.39, 0.29) is 17.0 Å². The van der Waals surface area contributed by atoms with E-state index in [9.17, 15) is 14.4 Å². The lowest BCUT2D eigenvalue weighted by atomic mass is 10.00. The normalized spacial score (nSPS) is 14.9. The van der Waals surface area contributed by atoms with Crippen LogP contribution < -0.4 is 10.5 Å². The zero-order valence-electron chi connectivity index (χ0n) is 19.3. The van der Waals surface area contributed by atoms with Crippen LogP contribution in [0.15, 0.2) is 85.5 Å². The van der Waals surface area contributed by atoms with Crippen molar-refractivity contribution in [2.24, 2.45) is 5.73 Å². The molecule has 36 heavy (non-hydrogen) atoms. The highest BCUT2D eigenvalue weighted by Gasteiger charge is 2.30. The van der Waals surface area contributed by atoms with E-state index in [1.54, 1.807) is 36.2 Å². The lowest BCUT2D eigenvalue weighted by Crippen LogP contribution is -2.25. The van der Waals surface area contributed by atoms with Crippen LogP contribution in [0.3, 0.4) is 0 Å². The molecule has 1 aliphatic heterocycles. The van der Waals surface area contributed by atoms with E-state index in [2.05, 4.69) is 4.57 Å². The van der Waals surface area contributed by atoms with E-state index in [0.717, 1.165) is 38.0 Å². The molecule has 0 amide bonds. The van der Waals surface area contributed by atoms with E-state index < -0.39 is 0 Å². The van der Waals surface area contributed by atoms with Gasteiger partial charge in [-0.3, -0.25) is 4.79 Å². The largest absolute Gasteiger partial charge is 0.619 e. The van der Waals surface area contributed by atoms with E-state index in [1.165, 1.54) is 18.3 Å². The van der Waals surface area contributed by atoms with Crippen molar-refractivity contribution in [3.8, 4) is 11.1 Å². The summed E-state index contributed by atoms with van der Waals surface area (Å²) in [5.41, 5.74) is 11.8. The molecule has 2 N–H and O–H groups in total. The van der Waals surface area contributed by atoms with Crippen LogP contribution in [0.5, 0.6) is 0 Å². The Hall–Kier alpha value is -3.88. The van der Waals surface area contributed by atoms with Gasteiger partial charge in [-0.2, -0.15) is 4.73 Å². The van der Waals surface area contributed by atoms with Crippen molar-refractivity contribution in [3.05, 3.63) is 119 Å². The third-order valence-corrected chi connectivity index (χ3v) is 7.91. The summed E-state index contributed by atoms with van der Waals surface area (Å²) < 4.78 is 18.3. The Labute approximate surface area is 211 Å². The van der Waals surface area contributed by atoms with Crippen molar-refractivity contribution < 1.29 is 13.9 Å². The number of halogens is 1. The highest BCUT2D eigenvalue weighted by molar-refractivity contribution is 7.99. The first-order valence-corrected chi connectivity index (χ1v) is 12.7. The van der Waals surface area contributed by atoms with Gasteiger partial charge in [-0.15, -0.1) is 11.8 Å². The summed E-state index contributed by atoms with van der Waals surface area (Å²) in [5, 5.41) is 12.6. The predicted molar refractivity (Wildman–Crippen MR) is 139 cm³/mol. The van der Waals surface area contributed by atoms with E-state index in [4.69, 9.17) is 5.73 Å². The highest BCUT2D eigenvalue weighted by atomic mass is 32.2. The third kappa shape index (κ3) is 3.79. The fourth-order valence-electron chi connectivity index (χ4n) is 4.94. The average Bonchev–Trinajstić information content (AvgIpc) is 3.58. The number of hydrogen-bond donors (Lipinski definition) is 1. The zero-order valence-corrected chi connectivity index (χ0v) is 20.1. The van der Waals surface area contributed by atoms with Crippen molar-refractivity contribution in [1.29, 1.82) is 0 Å². The Morgan fingerprint density at radius 3 is 2.69 bits per heavy atom. The summed E-state index contributed by atoms with van der Waals surface area (Å²) in [5.74, 6) is 0.370. The number of pyridine rings is 1. The molecule has 0 bridgehead atoms. The van der Waals surface area contributed by atoms with Gasteiger partial charge in [-0.1, -0.05) is 24.3 Å². The van der Waals surface area contributed by atoms with Crippen molar-refractivity contribution in [2.75, 3.05) is 6.54 Å². The fraction of sp³-hybridized carbons (Fsp3) is 0.143. The molecule has 0 saturated heterocycles. The van der Waals surface area contributed by atoms with Gasteiger partial charge in [0.25, 0.3) is 0 Å². The number of benzene rings is 2. The minimum Gasteiger partial charge on any atom is -0.619 e. The minimum atomic E-state index is -0.279. The molecular formula is C28H23FN4O2S. The predicted octanol–water partition coefficient (Wildman–Crippen LogP) is 4.87. The Morgan fingerprint density at radius 1 is 1.11 bits per heavy atom. The first-order chi connectivity index (χ1) is 17.5. The zero-order chi connectivity index (χ0) is 24.8. The van der Waals surface area contributed by atoms with E-state index >= 15 is 0 Å². The van der Waals surface area contributed by atoms with Gasteiger partial charge in [0.05, 0.1) is 5.56 Å². The van der Waals surface area contributed by atoms with Crippen LogP contribution in [0, 0.1) is 11.0 Å². The summed E-state index contributed by atoms with van der Waals surface area (Å²) in [6, 6.07) is 17.9. The van der Waals surface area contributed by atoms with Gasteiger partial charge in [-0.05, 0) is 41.5 Å². The van der Waals surface area contributed by atoms with Crippen molar-refractivity contribution in [1.82, 2.24) is 9.13 Å². The van der Waals surface area contributed by atoms with Gasteiger partial charge in [0.2, 0.25) is 0 Å². The van der Waals surface area contributed by atoms with Crippen LogP contribution in [0.25, 0.3) is 22.0 Å². The average molecular weight is 499 g/mol. The Morgan fingerprint density at radius 2 is 1.92 bits per heavy atom. The summed E-state index contributed by atoms with van der Waals surface area (Å²) in [6.07, 6.45) is 6.86. The number of fused-ring (bicyclic) bond motifs is 2. The van der Waals surface area contributed by atoms with Crippen LogP contribution in [-0.2, 0) is 12.3 Å². The smallest absolute Gasteiger partial charge is 0.197 e. The highest BCUT2D eigenvalue weighted by Crippen LogP contribution is 2.42. The maximum atomic E-state index is 13.8. The molecule has 1 unspecified atom stereocenters. The summed E-state index contributed by atoms with van der Waals surface area (Å²) >= 11 is 1.69. The molecule has 0 saturated carbocycles. The minimum absolute atomic E-state index is 0.0349. The van der Waals surface area contributed by atoms with Gasteiger partial charge in [-0.25, -0.2) is 4.39 Å². The molecule has 180 valence electrons. The molecule has 3 aromatic heterocycles. The molecule has 1 atom stereocenters. The lowest BCUT2D eigenvalue weighted by Gasteiger charge is -2.11. The van der Waals surface area contributed by atoms with Crippen molar-refractivity contribution in [3.63, 3.8) is 0 Å².